The zero-order chi connectivity index (χ0) is 17.2. The number of carbonyl (C=O) groups excluding carboxylic acids is 3. The summed E-state index contributed by atoms with van der Waals surface area (Å²) in [6.07, 6.45) is -0.391. The highest BCUT2D eigenvalue weighted by molar-refractivity contribution is 5.73. The summed E-state index contributed by atoms with van der Waals surface area (Å²) >= 11 is 0. The lowest BCUT2D eigenvalue weighted by atomic mass is 10.1. The van der Waals surface area contributed by atoms with Crippen LogP contribution in [0.3, 0.4) is 0 Å². The van der Waals surface area contributed by atoms with Gasteiger partial charge in [-0.3, -0.25) is 14.4 Å². The minimum Gasteiger partial charge on any atom is -0.469 e. The first kappa shape index (κ1) is 21.7. The number of carbonyl (C=O) groups is 3. The molecule has 124 valence electrons. The Morgan fingerprint density at radius 1 is 0.762 bits per heavy atom. The van der Waals surface area contributed by atoms with Crippen LogP contribution in [-0.4, -0.2) is 37.2 Å². The molecule has 0 aromatic carbocycles. The van der Waals surface area contributed by atoms with Crippen LogP contribution in [0.1, 0.15) is 48.5 Å². The van der Waals surface area contributed by atoms with E-state index in [4.69, 9.17) is 9.47 Å². The molecule has 6 nitrogen and oxygen atoms in total. The molecular formula is C15H28O6. The Labute approximate surface area is 127 Å². The molecule has 0 radical (unpaired) electrons. The second kappa shape index (κ2) is 11.1. The summed E-state index contributed by atoms with van der Waals surface area (Å²) in [5, 5.41) is 0. The van der Waals surface area contributed by atoms with Crippen LogP contribution < -0.4 is 0 Å². The molecular weight excluding hydrogens is 276 g/mol. The first-order valence-corrected chi connectivity index (χ1v) is 6.95. The predicted molar refractivity (Wildman–Crippen MR) is 78.5 cm³/mol. The molecule has 0 saturated carbocycles. The number of methoxy groups -OCH3 is 1. The van der Waals surface area contributed by atoms with Crippen molar-refractivity contribution in [3.63, 3.8) is 0 Å². The first-order valence-electron chi connectivity index (χ1n) is 6.95. The molecule has 0 aliphatic rings. The highest BCUT2D eigenvalue weighted by Gasteiger charge is 2.22. The van der Waals surface area contributed by atoms with Crippen molar-refractivity contribution in [1.29, 1.82) is 0 Å². The molecule has 0 aliphatic carbocycles. The average molecular weight is 304 g/mol. The quantitative estimate of drug-likeness (QED) is 0.573. The van der Waals surface area contributed by atoms with Crippen LogP contribution in [0, 0.1) is 11.8 Å². The standard InChI is InChI=1S/C8H14O4.C7H14O2/c1-5(8(10)11-4)6(2)12-7(3)9;1-5(2)6(3)9-7(4)8/h5-6H,1-4H3;5-6H,1-4H3/t5-,6?;6-/m10/s1. The van der Waals surface area contributed by atoms with Gasteiger partial charge >= 0.3 is 17.9 Å². The van der Waals surface area contributed by atoms with Gasteiger partial charge in [0.2, 0.25) is 0 Å². The molecule has 0 heterocycles. The second-order valence-electron chi connectivity index (χ2n) is 5.18. The average Bonchev–Trinajstić information content (AvgIpc) is 2.35. The van der Waals surface area contributed by atoms with Gasteiger partial charge in [-0.1, -0.05) is 13.8 Å². The van der Waals surface area contributed by atoms with Crippen molar-refractivity contribution < 1.29 is 28.6 Å². The molecule has 0 fully saturated rings. The van der Waals surface area contributed by atoms with Crippen LogP contribution in [-0.2, 0) is 28.6 Å². The maximum atomic E-state index is 10.9. The van der Waals surface area contributed by atoms with Crippen LogP contribution in [0.4, 0.5) is 0 Å². The van der Waals surface area contributed by atoms with E-state index < -0.39 is 18.0 Å². The Morgan fingerprint density at radius 2 is 1.14 bits per heavy atom. The Bertz CT molecular complexity index is 337. The molecule has 1 unspecified atom stereocenters. The smallest absolute Gasteiger partial charge is 0.312 e. The molecule has 6 heteroatoms. The summed E-state index contributed by atoms with van der Waals surface area (Å²) in [7, 11) is 1.30. The molecule has 0 N–H and O–H groups in total. The van der Waals surface area contributed by atoms with Gasteiger partial charge in [0.25, 0.3) is 0 Å². The summed E-state index contributed by atoms with van der Waals surface area (Å²) in [5.41, 5.74) is 0. The van der Waals surface area contributed by atoms with E-state index in [1.165, 1.54) is 21.0 Å². The molecule has 0 saturated heterocycles. The lowest BCUT2D eigenvalue weighted by Crippen LogP contribution is -2.28. The summed E-state index contributed by atoms with van der Waals surface area (Å²) in [4.78, 5) is 31.8. The van der Waals surface area contributed by atoms with Gasteiger partial charge in [0, 0.05) is 13.8 Å². The Balaban J connectivity index is 0. The Morgan fingerprint density at radius 3 is 1.38 bits per heavy atom. The summed E-state index contributed by atoms with van der Waals surface area (Å²) in [5.74, 6) is -0.967. The molecule has 0 aromatic heterocycles. The zero-order valence-electron chi connectivity index (χ0n) is 14.3. The maximum absolute atomic E-state index is 10.9. The molecule has 3 atom stereocenters. The fourth-order valence-electron chi connectivity index (χ4n) is 1.14. The monoisotopic (exact) mass is 304 g/mol. The molecule has 21 heavy (non-hydrogen) atoms. The lowest BCUT2D eigenvalue weighted by Gasteiger charge is -2.16. The largest absolute Gasteiger partial charge is 0.469 e. The SMILES string of the molecule is CC(=O)O[C@@H](C)C(C)C.COC(=O)[C@H](C)C(C)OC(C)=O. The molecule has 0 bridgehead atoms. The highest BCUT2D eigenvalue weighted by Crippen LogP contribution is 2.08. The fourth-order valence-corrected chi connectivity index (χ4v) is 1.14. The Hall–Kier alpha value is -1.59. The van der Waals surface area contributed by atoms with Crippen molar-refractivity contribution in [2.24, 2.45) is 11.8 Å². The number of ether oxygens (including phenoxy) is 3. The number of rotatable bonds is 5. The van der Waals surface area contributed by atoms with Crippen LogP contribution in [0.5, 0.6) is 0 Å². The van der Waals surface area contributed by atoms with Crippen molar-refractivity contribution in [2.45, 2.75) is 60.7 Å². The van der Waals surface area contributed by atoms with Gasteiger partial charge in [0.15, 0.2) is 0 Å². The van der Waals surface area contributed by atoms with Gasteiger partial charge in [-0.25, -0.2) is 0 Å². The van der Waals surface area contributed by atoms with Crippen LogP contribution in [0.25, 0.3) is 0 Å². The van der Waals surface area contributed by atoms with Gasteiger partial charge < -0.3 is 14.2 Å². The van der Waals surface area contributed by atoms with E-state index in [9.17, 15) is 14.4 Å². The Kier molecular flexibility index (Phi) is 11.5. The molecule has 0 spiro atoms. The summed E-state index contributed by atoms with van der Waals surface area (Å²) in [6, 6.07) is 0. The fraction of sp³-hybridized carbons (Fsp3) is 0.800. The molecule has 0 aliphatic heterocycles. The third-order valence-corrected chi connectivity index (χ3v) is 2.92. The highest BCUT2D eigenvalue weighted by atomic mass is 16.6. The van der Waals surface area contributed by atoms with Gasteiger partial charge in [-0.05, 0) is 26.7 Å². The molecule has 0 aromatic rings. The normalized spacial score (nSPS) is 14.1. The van der Waals surface area contributed by atoms with E-state index in [0.717, 1.165) is 0 Å². The van der Waals surface area contributed by atoms with Crippen molar-refractivity contribution in [1.82, 2.24) is 0 Å². The van der Waals surface area contributed by atoms with Crippen molar-refractivity contribution in [3.05, 3.63) is 0 Å². The predicted octanol–water partition coefficient (Wildman–Crippen LogP) is 2.34. The van der Waals surface area contributed by atoms with Gasteiger partial charge in [-0.2, -0.15) is 0 Å². The van der Waals surface area contributed by atoms with Crippen LogP contribution in [0.15, 0.2) is 0 Å². The summed E-state index contributed by atoms with van der Waals surface area (Å²) < 4.78 is 14.2. The van der Waals surface area contributed by atoms with E-state index in [1.54, 1.807) is 13.8 Å². The van der Waals surface area contributed by atoms with E-state index in [-0.39, 0.29) is 18.0 Å². The second-order valence-corrected chi connectivity index (χ2v) is 5.18. The van der Waals surface area contributed by atoms with E-state index >= 15 is 0 Å². The van der Waals surface area contributed by atoms with E-state index in [1.807, 2.05) is 20.8 Å². The maximum Gasteiger partial charge on any atom is 0.312 e. The lowest BCUT2D eigenvalue weighted by molar-refractivity contribution is -0.157. The molecule has 0 rings (SSSR count). The third kappa shape index (κ3) is 11.9. The third-order valence-electron chi connectivity index (χ3n) is 2.92. The van der Waals surface area contributed by atoms with Crippen LogP contribution >= 0.6 is 0 Å². The number of esters is 3. The minimum absolute atomic E-state index is 0.0440. The topological polar surface area (TPSA) is 78.9 Å². The first-order chi connectivity index (χ1) is 9.52. The number of hydrogen-bond donors (Lipinski definition) is 0. The summed E-state index contributed by atoms with van der Waals surface area (Å²) in [6.45, 7) is 12.0. The van der Waals surface area contributed by atoms with Crippen molar-refractivity contribution in [2.75, 3.05) is 7.11 Å². The minimum atomic E-state index is -0.435. The van der Waals surface area contributed by atoms with Crippen LogP contribution in [0.2, 0.25) is 0 Å². The van der Waals surface area contributed by atoms with Crippen molar-refractivity contribution in [3.8, 4) is 0 Å². The zero-order valence-corrected chi connectivity index (χ0v) is 14.3. The molecule has 0 amide bonds. The number of hydrogen-bond acceptors (Lipinski definition) is 6. The van der Waals surface area contributed by atoms with Gasteiger partial charge in [-0.15, -0.1) is 0 Å². The van der Waals surface area contributed by atoms with E-state index in [0.29, 0.717) is 5.92 Å². The van der Waals surface area contributed by atoms with Gasteiger partial charge in [0.1, 0.15) is 12.2 Å². The van der Waals surface area contributed by atoms with Gasteiger partial charge in [0.05, 0.1) is 13.0 Å². The van der Waals surface area contributed by atoms with E-state index in [2.05, 4.69) is 4.74 Å². The van der Waals surface area contributed by atoms with Crippen molar-refractivity contribution >= 4 is 17.9 Å².